The maximum absolute atomic E-state index is 11.8. The molecule has 1 unspecified atom stereocenters. The predicted octanol–water partition coefficient (Wildman–Crippen LogP) is 5.19. The first-order valence-electron chi connectivity index (χ1n) is 10.4. The Morgan fingerprint density at radius 2 is 2.12 bits per heavy atom. The van der Waals surface area contributed by atoms with Gasteiger partial charge < -0.3 is 14.5 Å². The van der Waals surface area contributed by atoms with Crippen molar-refractivity contribution in [3.8, 4) is 5.75 Å². The van der Waals surface area contributed by atoms with Gasteiger partial charge in [-0.1, -0.05) is 22.8 Å². The lowest BCUT2D eigenvalue weighted by Crippen LogP contribution is -2.38. The maximum atomic E-state index is 11.8. The van der Waals surface area contributed by atoms with E-state index in [9.17, 15) is 13.9 Å². The Morgan fingerprint density at radius 1 is 1.36 bits per heavy atom. The molecule has 1 saturated heterocycles. The molecule has 33 heavy (non-hydrogen) atoms. The van der Waals surface area contributed by atoms with Crippen molar-refractivity contribution >= 4 is 56.7 Å². The summed E-state index contributed by atoms with van der Waals surface area (Å²) in [6.07, 6.45) is 3.14. The number of ether oxygens (including phenoxy) is 1. The summed E-state index contributed by atoms with van der Waals surface area (Å²) in [5.74, 6) is 0.764. The van der Waals surface area contributed by atoms with Crippen LogP contribution in [0.15, 0.2) is 28.7 Å². The third kappa shape index (κ3) is 5.93. The van der Waals surface area contributed by atoms with E-state index in [1.165, 1.54) is 6.26 Å². The largest absolute Gasteiger partial charge is 0.568 e. The first-order chi connectivity index (χ1) is 15.7. The molecule has 1 aromatic carbocycles. The van der Waals surface area contributed by atoms with Gasteiger partial charge >= 0.3 is 0 Å². The van der Waals surface area contributed by atoms with Crippen LogP contribution in [0.5, 0.6) is 5.75 Å². The number of aliphatic hydroxyl groups is 1. The fourth-order valence-corrected chi connectivity index (χ4v) is 5.77. The number of thiazole rings is 1. The topological polar surface area (TPSA) is 108 Å². The van der Waals surface area contributed by atoms with Gasteiger partial charge in [0, 0.05) is 43.1 Å². The minimum atomic E-state index is -2.76. The van der Waals surface area contributed by atoms with Crippen molar-refractivity contribution in [2.24, 2.45) is 5.16 Å². The molecule has 1 fully saturated rings. The van der Waals surface area contributed by atoms with Gasteiger partial charge in [0.2, 0.25) is 5.91 Å². The molecule has 2 aliphatic heterocycles. The van der Waals surface area contributed by atoms with Crippen molar-refractivity contribution in [3.63, 3.8) is 0 Å². The number of nitrogens with zero attached hydrogens (tertiary/aromatic N) is 3. The molecular weight excluding hydrogens is 509 g/mol. The van der Waals surface area contributed by atoms with E-state index in [-0.39, 0.29) is 17.7 Å². The zero-order valence-electron chi connectivity index (χ0n) is 18.0. The number of aromatic hydroxyl groups is 1. The first-order valence-corrected chi connectivity index (χ1v) is 14.4. The average molecular weight is 535 g/mol. The molecule has 180 valence electrons. The summed E-state index contributed by atoms with van der Waals surface area (Å²) >= 11 is 13.7. The smallest absolute Gasteiger partial charge is 0.267 e. The summed E-state index contributed by atoms with van der Waals surface area (Å²) in [5, 5.41) is 7.77. The molecule has 12 heteroatoms. The van der Waals surface area contributed by atoms with E-state index in [2.05, 4.69) is 9.89 Å². The number of carbonyl (C=O) groups is 1. The van der Waals surface area contributed by atoms with Crippen molar-refractivity contribution in [2.75, 3.05) is 31.2 Å². The summed E-state index contributed by atoms with van der Waals surface area (Å²) in [7, 11) is -2.76. The van der Waals surface area contributed by atoms with Gasteiger partial charge in [-0.3, -0.25) is 13.9 Å². The molecule has 3 heterocycles. The number of benzene rings is 1. The van der Waals surface area contributed by atoms with Crippen LogP contribution in [0, 0.1) is 0 Å². The fraction of sp³-hybridized carbons (Fsp3) is 0.476. The Hall–Kier alpha value is -1.56. The number of hydrogen-bond acceptors (Lipinski definition) is 7. The van der Waals surface area contributed by atoms with Crippen molar-refractivity contribution < 1.29 is 23.5 Å². The Bertz CT molecular complexity index is 1040. The number of alkyl halides is 1. The maximum Gasteiger partial charge on any atom is 0.267 e. The quantitative estimate of drug-likeness (QED) is 0.375. The van der Waals surface area contributed by atoms with Gasteiger partial charge in [-0.2, -0.15) is 0 Å². The molecule has 0 spiro atoms. The molecule has 3 N–H and O–H groups in total. The molecule has 0 aliphatic carbocycles. The van der Waals surface area contributed by atoms with Crippen molar-refractivity contribution in [1.29, 1.82) is 0 Å². The fourth-order valence-electron chi connectivity index (χ4n) is 3.93. The number of halogens is 2. The van der Waals surface area contributed by atoms with Gasteiger partial charge in [0.05, 0.1) is 15.7 Å². The molecule has 1 aromatic heterocycles. The number of carbonyl (C=O) groups excluding carboxylic acids is 1. The zero-order valence-corrected chi connectivity index (χ0v) is 21.1. The van der Waals surface area contributed by atoms with E-state index in [1.54, 1.807) is 34.4 Å². The van der Waals surface area contributed by atoms with Crippen LogP contribution < -0.4 is 0 Å². The second kappa shape index (κ2) is 10.4. The second-order valence-corrected chi connectivity index (χ2v) is 12.0. The van der Waals surface area contributed by atoms with E-state index in [4.69, 9.17) is 33.0 Å². The molecule has 1 amide bonds. The highest BCUT2D eigenvalue weighted by atomic mass is 35.5. The van der Waals surface area contributed by atoms with Gasteiger partial charge in [0.25, 0.3) is 11.7 Å². The van der Waals surface area contributed by atoms with Crippen LogP contribution in [-0.2, 0) is 9.63 Å². The highest BCUT2D eigenvalue weighted by molar-refractivity contribution is 8.23. The number of rotatable bonds is 7. The van der Waals surface area contributed by atoms with Crippen molar-refractivity contribution in [1.82, 2.24) is 9.88 Å². The van der Waals surface area contributed by atoms with Crippen LogP contribution in [0.25, 0.3) is 0 Å². The number of likely N-dealkylation sites (tertiary alicyclic amines) is 1. The Morgan fingerprint density at radius 3 is 2.82 bits per heavy atom. The second-order valence-electron chi connectivity index (χ2n) is 8.15. The predicted molar refractivity (Wildman–Crippen MR) is 133 cm³/mol. The highest BCUT2D eigenvalue weighted by Gasteiger charge is 2.33. The van der Waals surface area contributed by atoms with Crippen molar-refractivity contribution in [2.45, 2.75) is 31.3 Å². The van der Waals surface area contributed by atoms with Crippen LogP contribution >= 0.6 is 45.1 Å². The molecule has 0 radical (unpaired) electrons. The monoisotopic (exact) mass is 534 g/mol. The van der Waals surface area contributed by atoms with Gasteiger partial charge in [0.1, 0.15) is 17.2 Å². The van der Waals surface area contributed by atoms with Gasteiger partial charge in [0.15, 0.2) is 6.10 Å². The van der Waals surface area contributed by atoms with Gasteiger partial charge in [-0.25, -0.2) is 4.98 Å². The highest BCUT2D eigenvalue weighted by Crippen LogP contribution is 2.42. The van der Waals surface area contributed by atoms with Gasteiger partial charge in [-0.05, 0) is 18.9 Å². The molecule has 0 bridgehead atoms. The van der Waals surface area contributed by atoms with Gasteiger partial charge in [-0.15, -0.1) is 33.5 Å². The molecule has 2 aliphatic rings. The lowest BCUT2D eigenvalue weighted by atomic mass is 9.97. The normalized spacial score (nSPS) is 19.8. The number of piperidine rings is 1. The molecular formula is C21H26Cl2N3O5S2+. The molecule has 0 saturated carbocycles. The minimum absolute atomic E-state index is 0.0202. The third-order valence-electron chi connectivity index (χ3n) is 5.63. The van der Waals surface area contributed by atoms with Crippen LogP contribution in [0.1, 0.15) is 47.5 Å². The number of hydrogen-bond donors (Lipinski definition) is 2. The van der Waals surface area contributed by atoms with Crippen LogP contribution in [0.3, 0.4) is 0 Å². The average Bonchev–Trinajstić information content (AvgIpc) is 3.47. The summed E-state index contributed by atoms with van der Waals surface area (Å²) in [5.41, 5.74) is 2.20. The Kier molecular flexibility index (Phi) is 7.72. The van der Waals surface area contributed by atoms with E-state index in [0.29, 0.717) is 41.8 Å². The van der Waals surface area contributed by atoms with E-state index in [1.807, 2.05) is 5.38 Å². The Labute approximate surface area is 207 Å². The third-order valence-corrected chi connectivity index (χ3v) is 7.81. The zero-order chi connectivity index (χ0) is 23.6. The SMILES string of the molecule is CS(O)(O)C[OH+]c1cccc(Cl)c1C1CC(c2csc(C3CCN(C(=O)CCl)CC3)n2)=NO1. The minimum Gasteiger partial charge on any atom is -0.568 e. The van der Waals surface area contributed by atoms with Crippen LogP contribution in [-0.4, -0.2) is 66.5 Å². The lowest BCUT2D eigenvalue weighted by molar-refractivity contribution is -0.129. The number of aromatic nitrogens is 1. The van der Waals surface area contributed by atoms with E-state index >= 15 is 0 Å². The van der Waals surface area contributed by atoms with E-state index < -0.39 is 16.7 Å². The number of amides is 1. The molecule has 8 nitrogen and oxygen atoms in total. The summed E-state index contributed by atoms with van der Waals surface area (Å²) in [4.78, 5) is 24.1. The van der Waals surface area contributed by atoms with Crippen LogP contribution in [0.2, 0.25) is 5.02 Å². The first kappa shape index (κ1) is 24.6. The lowest BCUT2D eigenvalue weighted by Gasteiger charge is -2.30. The molecule has 4 rings (SSSR count). The van der Waals surface area contributed by atoms with Crippen molar-refractivity contribution in [3.05, 3.63) is 44.9 Å². The molecule has 1 atom stereocenters. The number of oxime groups is 1. The van der Waals surface area contributed by atoms with E-state index in [0.717, 1.165) is 29.3 Å². The summed E-state index contributed by atoms with van der Waals surface area (Å²) < 4.78 is 23.7. The standard InChI is InChI=1S/C21H25Cl2N3O5S2/c1-33(28,29)12-30-17-4-2-3-14(23)20(17)18-9-15(25-31-18)16-11-32-21(24-16)13-5-7-26(8-6-13)19(27)10-22/h2-4,11,13,18,28-29H,5-10,12H2,1H3/p+1. The summed E-state index contributed by atoms with van der Waals surface area (Å²) in [6.45, 7) is 1.39. The van der Waals surface area contributed by atoms with Crippen LogP contribution in [0.4, 0.5) is 0 Å². The summed E-state index contributed by atoms with van der Waals surface area (Å²) in [6, 6.07) is 5.29. The Balaban J connectivity index is 1.41. The molecule has 2 aromatic rings.